The maximum atomic E-state index is 16.0. The number of pyridine rings is 2. The van der Waals surface area contributed by atoms with Crippen molar-refractivity contribution in [1.82, 2.24) is 9.97 Å². The van der Waals surface area contributed by atoms with Crippen LogP contribution in [0.3, 0.4) is 0 Å². The largest absolute Gasteiger partial charge is 0.368 e. The molecule has 2 saturated heterocycles. The molecule has 4 aliphatic carbocycles. The molecule has 24 heteroatoms. The summed E-state index contributed by atoms with van der Waals surface area (Å²) < 4.78 is 72.6. The summed E-state index contributed by atoms with van der Waals surface area (Å²) in [5, 5.41) is 6.56. The van der Waals surface area contributed by atoms with Crippen LogP contribution >= 0.6 is 46.4 Å². The molecule has 0 bridgehead atoms. The molecule has 5 aromatic rings. The Balaban J connectivity index is 0.000000167. The highest BCUT2D eigenvalue weighted by Gasteiger charge is 2.74. The van der Waals surface area contributed by atoms with Crippen molar-refractivity contribution in [1.29, 1.82) is 0 Å². The number of hydrogen-bond acceptors (Lipinski definition) is 12. The number of halogens is 6. The quantitative estimate of drug-likeness (QED) is 0.0608. The van der Waals surface area contributed by atoms with E-state index in [0.29, 0.717) is 59.9 Å². The molecule has 0 radical (unpaired) electrons. The lowest BCUT2D eigenvalue weighted by molar-refractivity contribution is -0.136. The number of benzene rings is 3. The lowest BCUT2D eigenvalue weighted by Crippen LogP contribution is -2.52. The average molecular weight is 1390 g/mol. The second-order valence-electron chi connectivity index (χ2n) is 28.8. The van der Waals surface area contributed by atoms with Gasteiger partial charge >= 0.3 is 0 Å². The molecule has 502 valence electrons. The van der Waals surface area contributed by atoms with Gasteiger partial charge in [0, 0.05) is 70.3 Å². The van der Waals surface area contributed by atoms with Crippen LogP contribution in [0.15, 0.2) is 96.2 Å². The predicted octanol–water partition coefficient (Wildman–Crippen LogP) is 13.6. The minimum absolute atomic E-state index is 0.0326. The van der Waals surface area contributed by atoms with Gasteiger partial charge in [-0.3, -0.25) is 33.3 Å². The average Bonchev–Trinajstić information content (AvgIpc) is 1.51. The van der Waals surface area contributed by atoms with Gasteiger partial charge in [0.1, 0.15) is 23.8 Å². The highest BCUT2D eigenvalue weighted by molar-refractivity contribution is 7.85. The molecule has 7 N–H and O–H groups in total. The summed E-state index contributed by atoms with van der Waals surface area (Å²) >= 11 is 25.2. The lowest BCUT2D eigenvalue weighted by Gasteiger charge is -2.51. The molecule has 10 atom stereocenters. The second-order valence-corrected chi connectivity index (χ2v) is 31.9. The zero-order valence-corrected chi connectivity index (χ0v) is 56.6. The van der Waals surface area contributed by atoms with E-state index in [4.69, 9.17) is 71.9 Å². The number of amides is 4. The van der Waals surface area contributed by atoms with Crippen LogP contribution in [0.2, 0.25) is 20.4 Å². The van der Waals surface area contributed by atoms with Crippen LogP contribution in [-0.2, 0) is 59.2 Å². The Morgan fingerprint density at radius 3 is 1.30 bits per heavy atom. The number of fused-ring (bicyclic) bond motifs is 6. The van der Waals surface area contributed by atoms with Crippen molar-refractivity contribution in [2.24, 2.45) is 56.8 Å². The third kappa shape index (κ3) is 12.6. The van der Waals surface area contributed by atoms with Gasteiger partial charge in [-0.1, -0.05) is 104 Å². The predicted molar refractivity (Wildman–Crippen MR) is 352 cm³/mol. The van der Waals surface area contributed by atoms with Crippen LogP contribution in [0, 0.1) is 57.0 Å². The molecule has 4 amide bonds. The van der Waals surface area contributed by atoms with Gasteiger partial charge in [-0.05, 0) is 194 Å². The van der Waals surface area contributed by atoms with Crippen LogP contribution in [-0.4, -0.2) is 83.6 Å². The van der Waals surface area contributed by atoms with Crippen LogP contribution in [0.25, 0.3) is 0 Å². The van der Waals surface area contributed by atoms with E-state index in [1.165, 1.54) is 24.5 Å². The molecule has 3 aromatic carbocycles. The number of anilines is 2. The Labute approximate surface area is 566 Å². The summed E-state index contributed by atoms with van der Waals surface area (Å²) in [4.78, 5) is 88.9. The number of ketones is 2. The Hall–Kier alpha value is -5.97. The van der Waals surface area contributed by atoms with Gasteiger partial charge in [-0.25, -0.2) is 18.7 Å². The Bertz CT molecular complexity index is 3710. The number of Topliss-reactive ketones (excluding diaryl/α,β-unsaturated/α-hetero) is 2. The van der Waals surface area contributed by atoms with Gasteiger partial charge in [-0.2, -0.15) is 8.42 Å². The van der Waals surface area contributed by atoms with Gasteiger partial charge in [0.05, 0.1) is 28.9 Å². The molecule has 8 aliphatic rings. The van der Waals surface area contributed by atoms with Crippen molar-refractivity contribution >= 4 is 103 Å². The number of nitrogens with two attached hydrogens (primary N) is 2. The molecule has 2 aromatic heterocycles. The summed E-state index contributed by atoms with van der Waals surface area (Å²) in [6.45, 7) is 9.42. The fourth-order valence-electron chi connectivity index (χ4n) is 17.6. The number of rotatable bonds is 11. The molecule has 13 rings (SSSR count). The van der Waals surface area contributed by atoms with Crippen molar-refractivity contribution in [3.63, 3.8) is 0 Å². The van der Waals surface area contributed by atoms with Crippen molar-refractivity contribution in [3.05, 3.63) is 145 Å². The zero-order valence-electron chi connectivity index (χ0n) is 52.8. The molecule has 0 unspecified atom stereocenters. The summed E-state index contributed by atoms with van der Waals surface area (Å²) in [5.74, 6) is -5.98. The topological polar surface area (TPSA) is 277 Å². The molecule has 4 aliphatic heterocycles. The Morgan fingerprint density at radius 2 is 0.968 bits per heavy atom. The first kappa shape index (κ1) is 69.4. The lowest BCUT2D eigenvalue weighted by atomic mass is 9.51. The first-order chi connectivity index (χ1) is 44.4. The number of aromatic nitrogens is 2. The Kier molecular flexibility index (Phi) is 19.5. The monoisotopic (exact) mass is 1390 g/mol. The van der Waals surface area contributed by atoms with Crippen LogP contribution in [0.4, 0.5) is 20.2 Å². The van der Waals surface area contributed by atoms with E-state index < -0.39 is 91.1 Å². The molecule has 6 fully saturated rings. The Morgan fingerprint density at radius 1 is 0.585 bits per heavy atom. The smallest absolute Gasteiger partial charge is 0.294 e. The molecule has 94 heavy (non-hydrogen) atoms. The van der Waals surface area contributed by atoms with Crippen molar-refractivity contribution < 1.29 is 60.0 Å². The van der Waals surface area contributed by atoms with E-state index >= 15 is 8.78 Å². The number of ether oxygens (including phenoxy) is 2. The highest BCUT2D eigenvalue weighted by atomic mass is 35.5. The van der Waals surface area contributed by atoms with Crippen LogP contribution < -0.4 is 22.1 Å². The molecular weight excluding hydrogens is 1310 g/mol. The number of nitrogens with zero attached hydrogens (tertiary/aromatic N) is 2. The van der Waals surface area contributed by atoms with Gasteiger partial charge in [0.25, 0.3) is 10.1 Å². The van der Waals surface area contributed by atoms with Gasteiger partial charge < -0.3 is 31.6 Å². The summed E-state index contributed by atoms with van der Waals surface area (Å²) in [6.07, 6.45) is 11.5. The third-order valence-corrected chi connectivity index (χ3v) is 24.3. The maximum absolute atomic E-state index is 16.0. The molecule has 17 nitrogen and oxygen atoms in total. The van der Waals surface area contributed by atoms with Crippen molar-refractivity contribution in [2.75, 3.05) is 23.8 Å². The fraction of sp³-hybridized carbons (Fsp3) is 0.514. The first-order valence-corrected chi connectivity index (χ1v) is 35.1. The van der Waals surface area contributed by atoms with Crippen LogP contribution in [0.1, 0.15) is 165 Å². The minimum atomic E-state index is -4.00. The van der Waals surface area contributed by atoms with Gasteiger partial charge in [0.2, 0.25) is 23.6 Å². The van der Waals surface area contributed by atoms with Gasteiger partial charge in [0.15, 0.2) is 21.9 Å². The van der Waals surface area contributed by atoms with E-state index in [1.54, 1.807) is 54.6 Å². The van der Waals surface area contributed by atoms with Gasteiger partial charge in [-0.15, -0.1) is 0 Å². The SMILES string of the molecule is CC1(C)CCC2(CC1)C[C@@H](C(=O)C[C@@H]1CC[C@@H](C(N)=O)OC1)[C@H](c1ccnc(Cl)c1F)[C@]21C(=O)Nc2cc(Cl)ccc21.CC1(C)CCC2(CC1)C[C@@H](C(=O)C[C@@H]1CC[C@@H](C(N)=O)OC1)[C@H](c1ccnc(Cl)c1F)[C@]21C(=O)Nc2cc(Cl)ccc21.O=S(=O)(O)c1ccccc1. The van der Waals surface area contributed by atoms with E-state index in [1.807, 2.05) is 12.1 Å². The molecule has 6 heterocycles. The molecular formula is C70H78Cl4F2N6O11S. The number of carbonyl (C=O) groups is 6. The van der Waals surface area contributed by atoms with E-state index in [2.05, 4.69) is 48.3 Å². The number of carbonyl (C=O) groups excluding carboxylic acids is 6. The maximum Gasteiger partial charge on any atom is 0.294 e. The summed E-state index contributed by atoms with van der Waals surface area (Å²) in [6, 6.07) is 21.3. The van der Waals surface area contributed by atoms with Crippen molar-refractivity contribution in [2.45, 2.75) is 170 Å². The standard InChI is InChI=1S/2C32H36Cl2FN3O4.C6H6O3S/c2*1-30(2)8-10-31(11-9-30)15-20(23(39)13-17-3-6-24(28(36)40)42-16-17)25(19-7-12-37-27(34)26(19)35)32(31)21-5-4-18(33)14-22(21)38-29(32)41;7-10(8,9)6-4-2-1-3-5-6/h2*4-5,7,12,14,17,20,24-25H,3,6,8-11,13,15-16H2,1-2H3,(H2,36,40)(H,38,41);1-5H,(H,7,8,9)/t2*17-,20-,24-,25-,32+;/m00./s1. The normalized spacial score (nSPS) is 29.1. The second kappa shape index (κ2) is 26.5. The summed E-state index contributed by atoms with van der Waals surface area (Å²) in [5.41, 5.74) is 10.7. The van der Waals surface area contributed by atoms with Crippen molar-refractivity contribution in [3.8, 4) is 0 Å². The molecule has 4 saturated carbocycles. The number of primary amides is 2. The first-order valence-electron chi connectivity index (χ1n) is 32.1. The zero-order chi connectivity index (χ0) is 67.7. The van der Waals surface area contributed by atoms with Crippen LogP contribution in [0.5, 0.6) is 0 Å². The summed E-state index contributed by atoms with van der Waals surface area (Å²) in [7, 11) is -4.00. The van der Waals surface area contributed by atoms with E-state index in [0.717, 1.165) is 62.5 Å². The number of nitrogens with one attached hydrogen (secondary N) is 2. The van der Waals surface area contributed by atoms with E-state index in [9.17, 15) is 37.2 Å². The highest BCUT2D eigenvalue weighted by Crippen LogP contribution is 2.74. The fourth-order valence-corrected chi connectivity index (χ4v) is 18.8. The van der Waals surface area contributed by atoms with E-state index in [-0.39, 0.29) is 98.4 Å². The number of hydrogen-bond donors (Lipinski definition) is 5. The third-order valence-electron chi connectivity index (χ3n) is 22.4. The minimum Gasteiger partial charge on any atom is -0.368 e. The molecule has 4 spiro atoms.